The van der Waals surface area contributed by atoms with E-state index in [1.165, 1.54) is 6.33 Å². The molecule has 0 aliphatic heterocycles. The van der Waals surface area contributed by atoms with Gasteiger partial charge in [0, 0.05) is 6.61 Å². The first-order valence-electron chi connectivity index (χ1n) is 3.37. The molecule has 4 heteroatoms. The lowest BCUT2D eigenvalue weighted by molar-refractivity contribution is 0.131. The molecule has 0 N–H and O–H groups in total. The zero-order valence-electron chi connectivity index (χ0n) is 6.25. The fraction of sp³-hybridized carbons (Fsp3) is 0.429. The third-order valence-corrected chi connectivity index (χ3v) is 1.35. The number of ether oxygens (including phenoxy) is 1. The highest BCUT2D eigenvalue weighted by Crippen LogP contribution is 2.04. The molecule has 0 bridgehead atoms. The van der Waals surface area contributed by atoms with Gasteiger partial charge < -0.3 is 4.74 Å². The average Bonchev–Trinajstić information content (AvgIpc) is 2.01. The molecule has 0 fully saturated rings. The van der Waals surface area contributed by atoms with E-state index < -0.39 is 0 Å². The smallest absolute Gasteiger partial charge is 0.132 e. The zero-order chi connectivity index (χ0) is 8.10. The Bertz CT molecular complexity index is 229. The fourth-order valence-corrected chi connectivity index (χ4v) is 0.825. The Morgan fingerprint density at radius 2 is 2.36 bits per heavy atom. The first-order chi connectivity index (χ1) is 5.33. The topological polar surface area (TPSA) is 35.0 Å². The molecule has 0 saturated carbocycles. The molecule has 0 spiro atoms. The van der Waals surface area contributed by atoms with Gasteiger partial charge in [-0.05, 0) is 13.0 Å². The zero-order valence-corrected chi connectivity index (χ0v) is 7.01. The predicted octanol–water partition coefficient (Wildman–Crippen LogP) is 1.67. The first-order valence-corrected chi connectivity index (χ1v) is 3.75. The SMILES string of the molecule is CCOCc1cc(Cl)ncn1. The van der Waals surface area contributed by atoms with Gasteiger partial charge in [-0.15, -0.1) is 0 Å². The molecule has 0 aromatic carbocycles. The molecule has 0 unspecified atom stereocenters. The monoisotopic (exact) mass is 172 g/mol. The summed E-state index contributed by atoms with van der Waals surface area (Å²) in [5, 5.41) is 0.453. The number of halogens is 1. The van der Waals surface area contributed by atoms with E-state index in [0.29, 0.717) is 18.4 Å². The average molecular weight is 173 g/mol. The van der Waals surface area contributed by atoms with Crippen LogP contribution in [-0.4, -0.2) is 16.6 Å². The van der Waals surface area contributed by atoms with Gasteiger partial charge in [0.25, 0.3) is 0 Å². The highest BCUT2D eigenvalue weighted by molar-refractivity contribution is 6.29. The van der Waals surface area contributed by atoms with Crippen molar-refractivity contribution in [2.24, 2.45) is 0 Å². The van der Waals surface area contributed by atoms with E-state index in [4.69, 9.17) is 16.3 Å². The molecule has 0 atom stereocenters. The van der Waals surface area contributed by atoms with Crippen molar-refractivity contribution in [1.82, 2.24) is 9.97 Å². The van der Waals surface area contributed by atoms with Crippen molar-refractivity contribution >= 4 is 11.6 Å². The molecular weight excluding hydrogens is 164 g/mol. The molecule has 1 rings (SSSR count). The predicted molar refractivity (Wildman–Crippen MR) is 42.4 cm³/mol. The van der Waals surface area contributed by atoms with Gasteiger partial charge in [0.2, 0.25) is 0 Å². The van der Waals surface area contributed by atoms with E-state index in [-0.39, 0.29) is 0 Å². The summed E-state index contributed by atoms with van der Waals surface area (Å²) in [6, 6.07) is 1.69. The third kappa shape index (κ3) is 2.82. The Morgan fingerprint density at radius 3 is 3.00 bits per heavy atom. The molecule has 0 aliphatic rings. The van der Waals surface area contributed by atoms with Gasteiger partial charge in [0.15, 0.2) is 0 Å². The Morgan fingerprint density at radius 1 is 1.55 bits per heavy atom. The highest BCUT2D eigenvalue weighted by atomic mass is 35.5. The molecule has 60 valence electrons. The van der Waals surface area contributed by atoms with Crippen molar-refractivity contribution < 1.29 is 4.74 Å². The van der Waals surface area contributed by atoms with Crippen LogP contribution in [0.5, 0.6) is 0 Å². The Labute approximate surface area is 70.4 Å². The molecule has 11 heavy (non-hydrogen) atoms. The minimum absolute atomic E-state index is 0.453. The Balaban J connectivity index is 2.56. The third-order valence-electron chi connectivity index (χ3n) is 1.14. The van der Waals surface area contributed by atoms with Crippen LogP contribution in [0.25, 0.3) is 0 Å². The van der Waals surface area contributed by atoms with Crippen LogP contribution < -0.4 is 0 Å². The summed E-state index contributed by atoms with van der Waals surface area (Å²) in [5.74, 6) is 0. The summed E-state index contributed by atoms with van der Waals surface area (Å²) >= 11 is 5.62. The van der Waals surface area contributed by atoms with E-state index in [2.05, 4.69) is 9.97 Å². The van der Waals surface area contributed by atoms with Gasteiger partial charge in [-0.3, -0.25) is 0 Å². The normalized spacial score (nSPS) is 10.0. The summed E-state index contributed by atoms with van der Waals surface area (Å²) in [7, 11) is 0. The highest BCUT2D eigenvalue weighted by Gasteiger charge is 1.94. The van der Waals surface area contributed by atoms with Crippen molar-refractivity contribution in [1.29, 1.82) is 0 Å². The quantitative estimate of drug-likeness (QED) is 0.651. The van der Waals surface area contributed by atoms with Gasteiger partial charge >= 0.3 is 0 Å². The van der Waals surface area contributed by atoms with Gasteiger partial charge in [-0.25, -0.2) is 9.97 Å². The number of hydrogen-bond donors (Lipinski definition) is 0. The summed E-state index contributed by atoms with van der Waals surface area (Å²) in [6.07, 6.45) is 1.43. The second-order valence-electron chi connectivity index (χ2n) is 1.97. The molecule has 0 amide bonds. The number of rotatable bonds is 3. The molecule has 1 heterocycles. The maximum atomic E-state index is 5.62. The van der Waals surface area contributed by atoms with Gasteiger partial charge in [-0.2, -0.15) is 0 Å². The first kappa shape index (κ1) is 8.43. The number of nitrogens with zero attached hydrogens (tertiary/aromatic N) is 2. The van der Waals surface area contributed by atoms with E-state index in [9.17, 15) is 0 Å². The van der Waals surface area contributed by atoms with Crippen LogP contribution >= 0.6 is 11.6 Å². The fourth-order valence-electron chi connectivity index (χ4n) is 0.656. The van der Waals surface area contributed by atoms with Crippen molar-refractivity contribution in [3.05, 3.63) is 23.2 Å². The standard InChI is InChI=1S/C7H9ClN2O/c1-2-11-4-6-3-7(8)10-5-9-6/h3,5H,2,4H2,1H3. The summed E-state index contributed by atoms with van der Waals surface area (Å²) in [5.41, 5.74) is 0.812. The van der Waals surface area contributed by atoms with Crippen molar-refractivity contribution in [2.45, 2.75) is 13.5 Å². The molecule has 0 aliphatic carbocycles. The second-order valence-corrected chi connectivity index (χ2v) is 2.36. The Hall–Kier alpha value is -0.670. The largest absolute Gasteiger partial charge is 0.375 e. The van der Waals surface area contributed by atoms with Crippen molar-refractivity contribution in [2.75, 3.05) is 6.61 Å². The van der Waals surface area contributed by atoms with Crippen LogP contribution in [0.1, 0.15) is 12.6 Å². The second kappa shape index (κ2) is 4.26. The lowest BCUT2D eigenvalue weighted by atomic mass is 10.4. The number of hydrogen-bond acceptors (Lipinski definition) is 3. The van der Waals surface area contributed by atoms with E-state index in [1.54, 1.807) is 6.07 Å². The molecule has 0 saturated heterocycles. The van der Waals surface area contributed by atoms with Gasteiger partial charge in [0.05, 0.1) is 12.3 Å². The van der Waals surface area contributed by atoms with Gasteiger partial charge in [0.1, 0.15) is 11.5 Å². The summed E-state index contributed by atoms with van der Waals surface area (Å²) in [4.78, 5) is 7.70. The summed E-state index contributed by atoms with van der Waals surface area (Å²) in [6.45, 7) is 3.11. The maximum absolute atomic E-state index is 5.62. The number of aromatic nitrogens is 2. The lowest BCUT2D eigenvalue weighted by Crippen LogP contribution is -1.95. The van der Waals surface area contributed by atoms with Crippen LogP contribution in [0.15, 0.2) is 12.4 Å². The summed E-state index contributed by atoms with van der Waals surface area (Å²) < 4.78 is 5.13. The molecule has 1 aromatic rings. The van der Waals surface area contributed by atoms with E-state index >= 15 is 0 Å². The molecular formula is C7H9ClN2O. The Kier molecular flexibility index (Phi) is 3.26. The van der Waals surface area contributed by atoms with E-state index in [1.807, 2.05) is 6.92 Å². The van der Waals surface area contributed by atoms with E-state index in [0.717, 1.165) is 5.69 Å². The minimum Gasteiger partial charge on any atom is -0.375 e. The molecule has 0 radical (unpaired) electrons. The van der Waals surface area contributed by atoms with Crippen LogP contribution in [0.3, 0.4) is 0 Å². The van der Waals surface area contributed by atoms with Gasteiger partial charge in [-0.1, -0.05) is 11.6 Å². The molecule has 3 nitrogen and oxygen atoms in total. The molecule has 1 aromatic heterocycles. The minimum atomic E-state index is 0.453. The van der Waals surface area contributed by atoms with Crippen LogP contribution in [0, 0.1) is 0 Å². The van der Waals surface area contributed by atoms with Crippen molar-refractivity contribution in [3.63, 3.8) is 0 Å². The van der Waals surface area contributed by atoms with Crippen molar-refractivity contribution in [3.8, 4) is 0 Å². The van der Waals surface area contributed by atoms with Crippen LogP contribution in [-0.2, 0) is 11.3 Å². The maximum Gasteiger partial charge on any atom is 0.132 e. The lowest BCUT2D eigenvalue weighted by Gasteiger charge is -1.98. The van der Waals surface area contributed by atoms with Crippen LogP contribution in [0.4, 0.5) is 0 Å². The van der Waals surface area contributed by atoms with Crippen LogP contribution in [0.2, 0.25) is 5.15 Å².